The van der Waals surface area contributed by atoms with Crippen LogP contribution in [0.25, 0.3) is 0 Å². The van der Waals surface area contributed by atoms with E-state index in [1.165, 1.54) is 0 Å². The number of carboxylic acids is 1. The summed E-state index contributed by atoms with van der Waals surface area (Å²) in [6, 6.07) is 3.10. The molecule has 0 aromatic carbocycles. The molecule has 0 radical (unpaired) electrons. The molecule has 0 aromatic rings. The number of aliphatic carboxylic acids is 1. The van der Waals surface area contributed by atoms with Gasteiger partial charge in [0.05, 0.1) is 12.5 Å². The number of hydrogen-bond acceptors (Lipinski definition) is 3. The molecule has 0 saturated carbocycles. The summed E-state index contributed by atoms with van der Waals surface area (Å²) in [5, 5.41) is 8.72. The van der Waals surface area contributed by atoms with Gasteiger partial charge in [0, 0.05) is 12.0 Å². The highest BCUT2D eigenvalue weighted by molar-refractivity contribution is 6.73. The van der Waals surface area contributed by atoms with Crippen LogP contribution < -0.4 is 0 Å². The van der Waals surface area contributed by atoms with Crippen molar-refractivity contribution in [2.45, 2.75) is 57.8 Å². The SMILES string of the molecule is CC[Si](CC)(CC)OC1C=C(CC(=O)O)C(=O)C1. The van der Waals surface area contributed by atoms with Crippen LogP contribution >= 0.6 is 0 Å². The van der Waals surface area contributed by atoms with Crippen molar-refractivity contribution in [3.63, 3.8) is 0 Å². The van der Waals surface area contributed by atoms with Gasteiger partial charge in [-0.1, -0.05) is 20.8 Å². The molecule has 1 aliphatic rings. The molecule has 4 nitrogen and oxygen atoms in total. The third kappa shape index (κ3) is 3.52. The predicted molar refractivity (Wildman–Crippen MR) is 72.0 cm³/mol. The third-order valence-corrected chi connectivity index (χ3v) is 8.48. The highest BCUT2D eigenvalue weighted by atomic mass is 28.4. The van der Waals surface area contributed by atoms with Crippen LogP contribution in [0.4, 0.5) is 0 Å². The molecule has 1 aliphatic carbocycles. The van der Waals surface area contributed by atoms with Crippen LogP contribution in [0.2, 0.25) is 18.1 Å². The van der Waals surface area contributed by atoms with E-state index in [0.29, 0.717) is 12.0 Å². The Morgan fingerprint density at radius 3 is 2.39 bits per heavy atom. The maximum atomic E-state index is 11.7. The summed E-state index contributed by atoms with van der Waals surface area (Å²) in [6.07, 6.45) is 1.66. The van der Waals surface area contributed by atoms with Crippen molar-refractivity contribution in [1.82, 2.24) is 0 Å². The molecule has 1 N–H and O–H groups in total. The number of carboxylic acid groups (broad SMARTS) is 1. The standard InChI is InChI=1S/C13H22O4Si/c1-4-18(5-2,6-3)17-11-7-10(8-13(15)16)12(14)9-11/h7,11H,4-6,8-9H2,1-3H3,(H,15,16). The quantitative estimate of drug-likeness (QED) is 0.722. The molecule has 0 bridgehead atoms. The fourth-order valence-corrected chi connectivity index (χ4v) is 5.20. The Hall–Kier alpha value is -0.943. The van der Waals surface area contributed by atoms with Gasteiger partial charge >= 0.3 is 5.97 Å². The van der Waals surface area contributed by atoms with E-state index in [2.05, 4.69) is 20.8 Å². The molecule has 0 aromatic heterocycles. The topological polar surface area (TPSA) is 63.6 Å². The minimum Gasteiger partial charge on any atom is -0.481 e. The van der Waals surface area contributed by atoms with E-state index in [4.69, 9.17) is 9.53 Å². The van der Waals surface area contributed by atoms with Gasteiger partial charge in [0.2, 0.25) is 0 Å². The monoisotopic (exact) mass is 270 g/mol. The van der Waals surface area contributed by atoms with Crippen molar-refractivity contribution in [1.29, 1.82) is 0 Å². The van der Waals surface area contributed by atoms with Crippen molar-refractivity contribution >= 4 is 20.1 Å². The van der Waals surface area contributed by atoms with Gasteiger partial charge < -0.3 is 9.53 Å². The Kier molecular flexibility index (Phi) is 5.28. The minimum absolute atomic E-state index is 0.0754. The minimum atomic E-state index is -1.73. The van der Waals surface area contributed by atoms with Crippen molar-refractivity contribution in [2.75, 3.05) is 0 Å². The highest BCUT2D eigenvalue weighted by Gasteiger charge is 2.35. The smallest absolute Gasteiger partial charge is 0.307 e. The molecule has 0 heterocycles. The number of Topliss-reactive ketones (excluding diaryl/α,β-unsaturated/α-hetero) is 1. The fourth-order valence-electron chi connectivity index (χ4n) is 2.41. The van der Waals surface area contributed by atoms with Crippen LogP contribution in [0, 0.1) is 0 Å². The summed E-state index contributed by atoms with van der Waals surface area (Å²) in [5.41, 5.74) is 0.402. The molecule has 102 valence electrons. The van der Waals surface area contributed by atoms with Crippen molar-refractivity contribution in [2.24, 2.45) is 0 Å². The van der Waals surface area contributed by atoms with E-state index in [1.807, 2.05) is 0 Å². The van der Waals surface area contributed by atoms with E-state index >= 15 is 0 Å². The number of hydrogen-bond donors (Lipinski definition) is 1. The van der Waals surface area contributed by atoms with Gasteiger partial charge in [0.1, 0.15) is 0 Å². The van der Waals surface area contributed by atoms with Gasteiger partial charge in [-0.2, -0.15) is 0 Å². The molecule has 0 amide bonds. The van der Waals surface area contributed by atoms with Crippen molar-refractivity contribution in [3.8, 4) is 0 Å². The zero-order chi connectivity index (χ0) is 13.8. The lowest BCUT2D eigenvalue weighted by molar-refractivity contribution is -0.136. The van der Waals surface area contributed by atoms with Crippen molar-refractivity contribution in [3.05, 3.63) is 11.6 Å². The summed E-state index contributed by atoms with van der Waals surface area (Å²) in [6.45, 7) is 6.41. The average Bonchev–Trinajstić information content (AvgIpc) is 2.66. The lowest BCUT2D eigenvalue weighted by Gasteiger charge is -2.30. The maximum absolute atomic E-state index is 11.7. The van der Waals surface area contributed by atoms with Crippen LogP contribution in [-0.2, 0) is 14.0 Å². The maximum Gasteiger partial charge on any atom is 0.307 e. The molecule has 0 saturated heterocycles. The van der Waals surface area contributed by atoms with Crippen LogP contribution in [0.3, 0.4) is 0 Å². The molecule has 1 unspecified atom stereocenters. The Balaban J connectivity index is 2.72. The number of carbonyl (C=O) groups is 2. The zero-order valence-electron chi connectivity index (χ0n) is 11.4. The second-order valence-electron chi connectivity index (χ2n) is 4.79. The van der Waals surface area contributed by atoms with Gasteiger partial charge in [-0.15, -0.1) is 0 Å². The van der Waals surface area contributed by atoms with Gasteiger partial charge in [-0.25, -0.2) is 0 Å². The largest absolute Gasteiger partial charge is 0.481 e. The van der Waals surface area contributed by atoms with E-state index in [-0.39, 0.29) is 18.3 Å². The summed E-state index contributed by atoms with van der Waals surface area (Å²) in [7, 11) is -1.73. The van der Waals surface area contributed by atoms with Crippen LogP contribution in [-0.4, -0.2) is 31.3 Å². The second kappa shape index (κ2) is 6.29. The third-order valence-electron chi connectivity index (χ3n) is 3.81. The van der Waals surface area contributed by atoms with Crippen LogP contribution in [0.1, 0.15) is 33.6 Å². The summed E-state index contributed by atoms with van der Waals surface area (Å²) < 4.78 is 6.18. The summed E-state index contributed by atoms with van der Waals surface area (Å²) in [4.78, 5) is 22.3. The van der Waals surface area contributed by atoms with Gasteiger partial charge in [0.25, 0.3) is 0 Å². The number of rotatable bonds is 7. The van der Waals surface area contributed by atoms with E-state index in [1.54, 1.807) is 6.08 Å². The van der Waals surface area contributed by atoms with Crippen LogP contribution in [0.15, 0.2) is 11.6 Å². The predicted octanol–water partition coefficient (Wildman–Crippen LogP) is 2.75. The van der Waals surface area contributed by atoms with Crippen molar-refractivity contribution < 1.29 is 19.1 Å². The van der Waals surface area contributed by atoms with E-state index in [9.17, 15) is 9.59 Å². The van der Waals surface area contributed by atoms with E-state index in [0.717, 1.165) is 18.1 Å². The molecule has 1 rings (SSSR count). The van der Waals surface area contributed by atoms with Gasteiger partial charge in [-0.3, -0.25) is 9.59 Å². The molecular weight excluding hydrogens is 248 g/mol. The molecule has 18 heavy (non-hydrogen) atoms. The highest BCUT2D eigenvalue weighted by Crippen LogP contribution is 2.29. The first kappa shape index (κ1) is 15.1. The summed E-state index contributed by atoms with van der Waals surface area (Å²) in [5.74, 6) is -1.03. The Bertz CT molecular complexity index is 350. The Morgan fingerprint density at radius 1 is 1.39 bits per heavy atom. The number of ketones is 1. The molecule has 0 spiro atoms. The second-order valence-corrected chi connectivity index (χ2v) is 9.51. The average molecular weight is 270 g/mol. The number of carbonyl (C=O) groups excluding carboxylic acids is 1. The van der Waals surface area contributed by atoms with Gasteiger partial charge in [-0.05, 0) is 24.2 Å². The fraction of sp³-hybridized carbons (Fsp3) is 0.692. The Morgan fingerprint density at radius 2 is 1.94 bits per heavy atom. The molecular formula is C13H22O4Si. The normalized spacial score (nSPS) is 20.1. The first-order chi connectivity index (χ1) is 8.46. The molecule has 0 aliphatic heterocycles. The zero-order valence-corrected chi connectivity index (χ0v) is 12.4. The molecule has 1 atom stereocenters. The van der Waals surface area contributed by atoms with Gasteiger partial charge in [0.15, 0.2) is 14.1 Å². The lowest BCUT2D eigenvalue weighted by atomic mass is 10.1. The lowest BCUT2D eigenvalue weighted by Crippen LogP contribution is -2.39. The first-order valence-electron chi connectivity index (χ1n) is 6.59. The molecule has 0 fully saturated rings. The first-order valence-corrected chi connectivity index (χ1v) is 9.12. The Labute approximate surface area is 109 Å². The van der Waals surface area contributed by atoms with Crippen LogP contribution in [0.5, 0.6) is 0 Å². The molecule has 5 heteroatoms. The van der Waals surface area contributed by atoms with E-state index < -0.39 is 14.3 Å². The summed E-state index contributed by atoms with van der Waals surface area (Å²) >= 11 is 0.